The molecule has 27 heavy (non-hydrogen) atoms. The molecule has 0 radical (unpaired) electrons. The smallest absolute Gasteiger partial charge is 0.274 e. The number of nitrogens with zero attached hydrogens (tertiary/aromatic N) is 2. The third-order valence-corrected chi connectivity index (χ3v) is 3.87. The molecule has 3 aromatic rings. The molecule has 0 saturated heterocycles. The van der Waals surface area contributed by atoms with Crippen molar-refractivity contribution in [2.75, 3.05) is 5.32 Å². The Bertz CT molecular complexity index is 951. The number of benzene rings is 1. The molecule has 2 heterocycles. The highest BCUT2D eigenvalue weighted by molar-refractivity contribution is 6.03. The molecule has 1 aromatic carbocycles. The predicted molar refractivity (Wildman–Crippen MR) is 104 cm³/mol. The van der Waals surface area contributed by atoms with Crippen LogP contribution in [0.4, 0.5) is 5.69 Å². The summed E-state index contributed by atoms with van der Waals surface area (Å²) >= 11 is 0. The molecule has 0 spiro atoms. The zero-order chi connectivity index (χ0) is 19.2. The highest BCUT2D eigenvalue weighted by Gasteiger charge is 2.13. The molecule has 0 aliphatic heterocycles. The summed E-state index contributed by atoms with van der Waals surface area (Å²) < 4.78 is 0. The molecule has 0 aliphatic rings. The highest BCUT2D eigenvalue weighted by atomic mass is 16.2. The summed E-state index contributed by atoms with van der Waals surface area (Å²) in [5.74, 6) is -0.707. The van der Waals surface area contributed by atoms with Crippen molar-refractivity contribution in [2.45, 2.75) is 20.4 Å². The number of anilines is 1. The van der Waals surface area contributed by atoms with Gasteiger partial charge in [-0.15, -0.1) is 0 Å². The molecule has 2 N–H and O–H groups in total. The molecule has 0 fully saturated rings. The number of pyridine rings is 2. The van der Waals surface area contributed by atoms with Gasteiger partial charge >= 0.3 is 0 Å². The molecule has 3 rings (SSSR count). The van der Waals surface area contributed by atoms with Crippen LogP contribution in [-0.2, 0) is 6.54 Å². The van der Waals surface area contributed by atoms with Gasteiger partial charge in [-0.1, -0.05) is 18.2 Å². The van der Waals surface area contributed by atoms with E-state index in [1.807, 2.05) is 38.1 Å². The van der Waals surface area contributed by atoms with Crippen molar-refractivity contribution in [1.29, 1.82) is 0 Å². The van der Waals surface area contributed by atoms with Crippen LogP contribution in [0.15, 0.2) is 60.9 Å². The molecule has 2 amide bonds. The maximum Gasteiger partial charge on any atom is 0.274 e. The lowest BCUT2D eigenvalue weighted by Crippen LogP contribution is -2.25. The van der Waals surface area contributed by atoms with Crippen LogP contribution in [0.2, 0.25) is 0 Å². The largest absolute Gasteiger partial charge is 0.347 e. The summed E-state index contributed by atoms with van der Waals surface area (Å²) in [7, 11) is 0. The molecule has 2 aromatic heterocycles. The second kappa shape index (κ2) is 8.23. The monoisotopic (exact) mass is 360 g/mol. The van der Waals surface area contributed by atoms with Crippen molar-refractivity contribution in [1.82, 2.24) is 15.3 Å². The molecule has 0 bridgehead atoms. The van der Waals surface area contributed by atoms with E-state index in [0.717, 1.165) is 16.7 Å². The average molecular weight is 360 g/mol. The molecule has 0 atom stereocenters. The molecule has 0 saturated carbocycles. The summed E-state index contributed by atoms with van der Waals surface area (Å²) in [6, 6.07) is 14.3. The van der Waals surface area contributed by atoms with Gasteiger partial charge in [0.2, 0.25) is 0 Å². The first kappa shape index (κ1) is 18.3. The van der Waals surface area contributed by atoms with Crippen LogP contribution in [0.3, 0.4) is 0 Å². The van der Waals surface area contributed by atoms with Gasteiger partial charge in [-0.25, -0.2) is 4.98 Å². The minimum absolute atomic E-state index is 0.184. The van der Waals surface area contributed by atoms with Crippen molar-refractivity contribution in [3.8, 4) is 0 Å². The molecule has 6 heteroatoms. The Hall–Kier alpha value is -3.54. The van der Waals surface area contributed by atoms with E-state index in [0.29, 0.717) is 12.2 Å². The lowest BCUT2D eigenvalue weighted by Gasteiger charge is -2.09. The number of carbonyl (C=O) groups excluding carboxylic acids is 2. The first-order valence-electron chi connectivity index (χ1n) is 8.55. The summed E-state index contributed by atoms with van der Waals surface area (Å²) in [5.41, 5.74) is 4.07. The number of aromatic nitrogens is 2. The van der Waals surface area contributed by atoms with Gasteiger partial charge in [0.25, 0.3) is 11.8 Å². The number of hydrogen-bond donors (Lipinski definition) is 2. The Morgan fingerprint density at radius 2 is 1.63 bits per heavy atom. The summed E-state index contributed by atoms with van der Waals surface area (Å²) in [6.45, 7) is 4.27. The Balaban J connectivity index is 1.68. The van der Waals surface area contributed by atoms with Crippen molar-refractivity contribution in [3.63, 3.8) is 0 Å². The summed E-state index contributed by atoms with van der Waals surface area (Å²) in [5, 5.41) is 5.60. The molecule has 0 aliphatic carbocycles. The van der Waals surface area contributed by atoms with Gasteiger partial charge < -0.3 is 10.6 Å². The van der Waals surface area contributed by atoms with Crippen LogP contribution < -0.4 is 10.6 Å². The maximum atomic E-state index is 12.5. The van der Waals surface area contributed by atoms with Gasteiger partial charge in [0, 0.05) is 24.6 Å². The van der Waals surface area contributed by atoms with E-state index in [1.54, 1.807) is 36.7 Å². The van der Waals surface area contributed by atoms with Crippen LogP contribution >= 0.6 is 0 Å². The Morgan fingerprint density at radius 1 is 0.926 bits per heavy atom. The SMILES string of the molecule is Cc1cc(C)cc(NC(=O)c2cccc(C(=O)NCc3cccnc3)n2)c1. The van der Waals surface area contributed by atoms with Gasteiger partial charge in [-0.05, 0) is 60.9 Å². The normalized spacial score (nSPS) is 10.3. The molecule has 0 unspecified atom stereocenters. The van der Waals surface area contributed by atoms with Crippen LogP contribution in [0.1, 0.15) is 37.7 Å². The quantitative estimate of drug-likeness (QED) is 0.731. The number of aryl methyl sites for hydroxylation is 2. The van der Waals surface area contributed by atoms with Gasteiger partial charge in [0.05, 0.1) is 0 Å². The standard InChI is InChI=1S/C21H20N4O2/c1-14-9-15(2)11-17(10-14)24-21(27)19-7-3-6-18(25-19)20(26)23-13-16-5-4-8-22-12-16/h3-12H,13H2,1-2H3,(H,23,26)(H,24,27). The Labute approximate surface area is 157 Å². The number of hydrogen-bond acceptors (Lipinski definition) is 4. The molecular formula is C21H20N4O2. The molecule has 6 nitrogen and oxygen atoms in total. The highest BCUT2D eigenvalue weighted by Crippen LogP contribution is 2.14. The van der Waals surface area contributed by atoms with E-state index >= 15 is 0 Å². The summed E-state index contributed by atoms with van der Waals surface area (Å²) in [6.07, 6.45) is 3.35. The van der Waals surface area contributed by atoms with E-state index in [4.69, 9.17) is 0 Å². The number of amides is 2. The minimum atomic E-state index is -0.359. The second-order valence-electron chi connectivity index (χ2n) is 6.28. The zero-order valence-corrected chi connectivity index (χ0v) is 15.2. The van der Waals surface area contributed by atoms with Gasteiger partial charge in [0.15, 0.2) is 0 Å². The fraction of sp³-hybridized carbons (Fsp3) is 0.143. The molecule has 136 valence electrons. The van der Waals surface area contributed by atoms with E-state index in [1.165, 1.54) is 0 Å². The number of nitrogens with one attached hydrogen (secondary N) is 2. The first-order valence-corrected chi connectivity index (χ1v) is 8.55. The van der Waals surface area contributed by atoms with Crippen LogP contribution in [0, 0.1) is 13.8 Å². The fourth-order valence-electron chi connectivity index (χ4n) is 2.71. The topological polar surface area (TPSA) is 84.0 Å². The van der Waals surface area contributed by atoms with Crippen molar-refractivity contribution in [3.05, 3.63) is 89.0 Å². The van der Waals surface area contributed by atoms with Gasteiger partial charge in [0.1, 0.15) is 11.4 Å². The Morgan fingerprint density at radius 3 is 2.30 bits per heavy atom. The summed E-state index contributed by atoms with van der Waals surface area (Å²) in [4.78, 5) is 33.0. The first-order chi connectivity index (χ1) is 13.0. The minimum Gasteiger partial charge on any atom is -0.347 e. The number of rotatable bonds is 5. The van der Waals surface area contributed by atoms with Crippen LogP contribution in [0.5, 0.6) is 0 Å². The van der Waals surface area contributed by atoms with Crippen molar-refractivity contribution < 1.29 is 9.59 Å². The second-order valence-corrected chi connectivity index (χ2v) is 6.28. The Kier molecular flexibility index (Phi) is 5.56. The van der Waals surface area contributed by atoms with E-state index in [2.05, 4.69) is 20.6 Å². The van der Waals surface area contributed by atoms with E-state index in [9.17, 15) is 9.59 Å². The van der Waals surface area contributed by atoms with E-state index < -0.39 is 0 Å². The fourth-order valence-corrected chi connectivity index (χ4v) is 2.71. The van der Waals surface area contributed by atoms with Gasteiger partial charge in [-0.3, -0.25) is 14.6 Å². The van der Waals surface area contributed by atoms with Crippen LogP contribution in [0.25, 0.3) is 0 Å². The molecular weight excluding hydrogens is 340 g/mol. The average Bonchev–Trinajstić information content (AvgIpc) is 2.66. The zero-order valence-electron chi connectivity index (χ0n) is 15.2. The van der Waals surface area contributed by atoms with Crippen molar-refractivity contribution in [2.24, 2.45) is 0 Å². The van der Waals surface area contributed by atoms with Gasteiger partial charge in [-0.2, -0.15) is 0 Å². The predicted octanol–water partition coefficient (Wildman–Crippen LogP) is 3.28. The van der Waals surface area contributed by atoms with E-state index in [-0.39, 0.29) is 23.2 Å². The lowest BCUT2D eigenvalue weighted by molar-refractivity contribution is 0.0945. The number of carbonyl (C=O) groups is 2. The van der Waals surface area contributed by atoms with Crippen LogP contribution in [-0.4, -0.2) is 21.8 Å². The third kappa shape index (κ3) is 4.98. The van der Waals surface area contributed by atoms with Crippen molar-refractivity contribution >= 4 is 17.5 Å². The third-order valence-electron chi connectivity index (χ3n) is 3.87. The maximum absolute atomic E-state index is 12.5. The lowest BCUT2D eigenvalue weighted by atomic mass is 10.1.